The highest BCUT2D eigenvalue weighted by Gasteiger charge is 2.50. The van der Waals surface area contributed by atoms with Crippen molar-refractivity contribution in [1.82, 2.24) is 0 Å². The molecule has 3 aliphatic heterocycles. The summed E-state index contributed by atoms with van der Waals surface area (Å²) in [4.78, 5) is 26.8. The van der Waals surface area contributed by atoms with Gasteiger partial charge in [0.2, 0.25) is 23.8 Å². The molecule has 0 spiro atoms. The quantitative estimate of drug-likeness (QED) is 0.0458. The predicted molar refractivity (Wildman–Crippen MR) is 208 cm³/mol. The van der Waals surface area contributed by atoms with Crippen molar-refractivity contribution in [2.45, 2.75) is 92.9 Å². The van der Waals surface area contributed by atoms with Crippen molar-refractivity contribution in [2.75, 3.05) is 13.2 Å². The average Bonchev–Trinajstić information content (AvgIpc) is 3.25. The van der Waals surface area contributed by atoms with Crippen LogP contribution in [-0.4, -0.2) is 166 Å². The Hall–Kier alpha value is -5.60. The van der Waals surface area contributed by atoms with Crippen molar-refractivity contribution < 1.29 is 104 Å². The van der Waals surface area contributed by atoms with Crippen LogP contribution in [0, 0.1) is 0 Å². The lowest BCUT2D eigenvalue weighted by atomic mass is 9.98. The minimum Gasteiger partial charge on any atom is -0.508 e. The van der Waals surface area contributed by atoms with Gasteiger partial charge in [-0.25, -0.2) is 4.79 Å². The maximum atomic E-state index is 14.3. The smallest absolute Gasteiger partial charge is 0.330 e. The van der Waals surface area contributed by atoms with Crippen molar-refractivity contribution >= 4 is 23.0 Å². The molecule has 14 unspecified atom stereocenters. The van der Waals surface area contributed by atoms with Crippen molar-refractivity contribution in [3.63, 3.8) is 0 Å². The molecule has 63 heavy (non-hydrogen) atoms. The number of benzene rings is 3. The van der Waals surface area contributed by atoms with Crippen LogP contribution in [0.15, 0.2) is 69.9 Å². The first-order chi connectivity index (χ1) is 29.9. The minimum absolute atomic E-state index is 0.00628. The molecule has 7 rings (SSSR count). The van der Waals surface area contributed by atoms with Crippen LogP contribution in [0.5, 0.6) is 34.5 Å². The summed E-state index contributed by atoms with van der Waals surface area (Å²) in [6.07, 6.45) is -21.8. The molecule has 12 N–H and O–H groups in total. The van der Waals surface area contributed by atoms with Gasteiger partial charge >= 0.3 is 5.97 Å². The maximum Gasteiger partial charge on any atom is 0.330 e. The van der Waals surface area contributed by atoms with Gasteiger partial charge in [0.15, 0.2) is 29.7 Å². The van der Waals surface area contributed by atoms with E-state index in [1.54, 1.807) is 0 Å². The average molecular weight is 889 g/mol. The number of esters is 1. The number of ether oxygens (including phenoxy) is 7. The fourth-order valence-corrected chi connectivity index (χ4v) is 6.94. The maximum absolute atomic E-state index is 14.3. The van der Waals surface area contributed by atoms with E-state index in [-0.39, 0.29) is 22.6 Å². The van der Waals surface area contributed by atoms with Gasteiger partial charge < -0.3 is 98.9 Å². The number of phenolic OH excluding ortho intramolecular Hbond substituents is 4. The van der Waals surface area contributed by atoms with E-state index in [0.717, 1.165) is 30.3 Å². The molecule has 0 radical (unpaired) electrons. The molecule has 3 aromatic carbocycles. The van der Waals surface area contributed by atoms with Crippen LogP contribution >= 0.6 is 0 Å². The second-order valence-corrected chi connectivity index (χ2v) is 15.0. The topological polar surface area (TPSA) is 355 Å². The lowest BCUT2D eigenvalue weighted by molar-refractivity contribution is -0.348. The molecular formula is C41H44O22. The van der Waals surface area contributed by atoms with E-state index in [1.807, 2.05) is 0 Å². The van der Waals surface area contributed by atoms with E-state index < -0.39 is 145 Å². The van der Waals surface area contributed by atoms with Gasteiger partial charge in [0, 0.05) is 23.8 Å². The van der Waals surface area contributed by atoms with E-state index in [0.29, 0.717) is 5.56 Å². The fourth-order valence-electron chi connectivity index (χ4n) is 6.94. The highest BCUT2D eigenvalue weighted by atomic mass is 16.8. The van der Waals surface area contributed by atoms with Gasteiger partial charge in [0.05, 0.1) is 12.7 Å². The van der Waals surface area contributed by atoms with Crippen molar-refractivity contribution in [3.05, 3.63) is 76.5 Å². The number of rotatable bonds is 11. The van der Waals surface area contributed by atoms with Crippen LogP contribution < -0.4 is 14.9 Å². The molecule has 14 atom stereocenters. The zero-order valence-corrected chi connectivity index (χ0v) is 32.8. The molecule has 340 valence electrons. The van der Waals surface area contributed by atoms with Crippen molar-refractivity contribution in [3.8, 4) is 45.8 Å². The molecule has 0 saturated carbocycles. The van der Waals surface area contributed by atoms with Gasteiger partial charge in [-0.1, -0.05) is 12.1 Å². The summed E-state index contributed by atoms with van der Waals surface area (Å²) in [5, 5.41) is 125. The standard InChI is InChI=1S/C41H44O22/c1-15-28(48)32(52)34(54)39(58-15)59-19-11-22(45)27-24(12-19)60-36(17-5-8-20(43)21(44)10-17)37(31(27)51)62-41-38(29(49)23(46)13-57-41)63-40-35(55)33(53)30(50)25(61-40)14-56-26(47)9-4-16-2-6-18(42)7-3-16/h2-12,15,23,25,28-30,32-35,38-46,48-50,52-55H,13-14H2,1H3. The summed E-state index contributed by atoms with van der Waals surface area (Å²) in [7, 11) is 0. The van der Waals surface area contributed by atoms with Gasteiger partial charge in [-0.05, 0) is 48.9 Å². The highest BCUT2D eigenvalue weighted by Crippen LogP contribution is 2.40. The number of aliphatic hydroxyl groups excluding tert-OH is 8. The van der Waals surface area contributed by atoms with Gasteiger partial charge in [-0.2, -0.15) is 0 Å². The predicted octanol–water partition coefficient (Wildman–Crippen LogP) is -1.60. The number of aliphatic hydroxyl groups is 8. The lowest BCUT2D eigenvalue weighted by Crippen LogP contribution is -2.63. The van der Waals surface area contributed by atoms with E-state index in [9.17, 15) is 70.9 Å². The van der Waals surface area contributed by atoms with Gasteiger partial charge in [0.1, 0.15) is 89.8 Å². The molecule has 1 aromatic heterocycles. The number of phenols is 4. The monoisotopic (exact) mass is 888 g/mol. The molecule has 3 aliphatic rings. The number of aromatic hydroxyl groups is 4. The SMILES string of the molecule is CC1OC(Oc2cc(O)c3c(=O)c(OC4OCC(O)C(O)C4OC4OC(COC(=O)C=Cc5ccc(O)cc5)C(O)C(O)C4O)c(-c4ccc(O)c(O)c4)oc3c2)C(O)C(O)C1O. The van der Waals surface area contributed by atoms with Crippen LogP contribution in [0.25, 0.3) is 28.4 Å². The molecular weight excluding hydrogens is 844 g/mol. The zero-order chi connectivity index (χ0) is 45.4. The Bertz CT molecular complexity index is 2350. The summed E-state index contributed by atoms with van der Waals surface area (Å²) in [6.45, 7) is 0.0954. The third-order valence-electron chi connectivity index (χ3n) is 10.5. The summed E-state index contributed by atoms with van der Waals surface area (Å²) >= 11 is 0. The van der Waals surface area contributed by atoms with E-state index in [2.05, 4.69) is 0 Å². The Morgan fingerprint density at radius 2 is 1.43 bits per heavy atom. The normalized spacial score (nSPS) is 32.4. The number of carbonyl (C=O) groups is 1. The third kappa shape index (κ3) is 9.52. The Morgan fingerprint density at radius 3 is 2.14 bits per heavy atom. The minimum atomic E-state index is -2.04. The molecule has 22 heteroatoms. The molecule has 22 nitrogen and oxygen atoms in total. The molecule has 4 heterocycles. The van der Waals surface area contributed by atoms with Gasteiger partial charge in [-0.15, -0.1) is 0 Å². The fraction of sp³-hybridized carbons (Fsp3) is 0.415. The van der Waals surface area contributed by atoms with Gasteiger partial charge in [0.25, 0.3) is 0 Å². The number of fused-ring (bicyclic) bond motifs is 1. The Balaban J connectivity index is 1.17. The number of hydrogen-bond acceptors (Lipinski definition) is 22. The third-order valence-corrected chi connectivity index (χ3v) is 10.5. The second kappa shape index (κ2) is 18.6. The molecule has 0 bridgehead atoms. The van der Waals surface area contributed by atoms with E-state index in [1.165, 1.54) is 43.3 Å². The van der Waals surface area contributed by atoms with E-state index in [4.69, 9.17) is 37.6 Å². The number of carbonyl (C=O) groups excluding carboxylic acids is 1. The molecule has 0 amide bonds. The Labute approximate surface area is 354 Å². The first kappa shape index (κ1) is 45.4. The molecule has 3 saturated heterocycles. The number of hydrogen-bond donors (Lipinski definition) is 12. The zero-order valence-electron chi connectivity index (χ0n) is 32.8. The highest BCUT2D eigenvalue weighted by molar-refractivity contribution is 5.89. The first-order valence-corrected chi connectivity index (χ1v) is 19.3. The van der Waals surface area contributed by atoms with Gasteiger partial charge in [-0.3, -0.25) is 4.79 Å². The van der Waals surface area contributed by atoms with E-state index >= 15 is 0 Å². The van der Waals surface area contributed by atoms with Crippen LogP contribution in [0.1, 0.15) is 12.5 Å². The van der Waals surface area contributed by atoms with Crippen LogP contribution in [0.2, 0.25) is 0 Å². The van der Waals surface area contributed by atoms with Crippen LogP contribution in [0.3, 0.4) is 0 Å². The van der Waals surface area contributed by atoms with Crippen molar-refractivity contribution in [2.24, 2.45) is 0 Å². The van der Waals surface area contributed by atoms with Crippen molar-refractivity contribution in [1.29, 1.82) is 0 Å². The second-order valence-electron chi connectivity index (χ2n) is 15.0. The summed E-state index contributed by atoms with van der Waals surface area (Å²) in [5.41, 5.74) is -1.07. The summed E-state index contributed by atoms with van der Waals surface area (Å²) in [6, 6.07) is 11.1. The Kier molecular flexibility index (Phi) is 13.4. The first-order valence-electron chi connectivity index (χ1n) is 19.3. The molecule has 3 fully saturated rings. The van der Waals surface area contributed by atoms with Crippen LogP contribution in [-0.2, 0) is 28.5 Å². The van der Waals surface area contributed by atoms with Crippen LogP contribution in [0.4, 0.5) is 0 Å². The Morgan fingerprint density at radius 1 is 0.730 bits per heavy atom. The largest absolute Gasteiger partial charge is 0.508 e. The molecule has 4 aromatic rings. The molecule has 0 aliphatic carbocycles. The summed E-state index contributed by atoms with van der Waals surface area (Å²) in [5.74, 6) is -4.42. The summed E-state index contributed by atoms with van der Waals surface area (Å²) < 4.78 is 45.4. The lowest BCUT2D eigenvalue weighted by Gasteiger charge is -2.44.